The van der Waals surface area contributed by atoms with Crippen molar-refractivity contribution in [3.05, 3.63) is 0 Å². The van der Waals surface area contributed by atoms with Gasteiger partial charge in [0.1, 0.15) is 0 Å². The molecule has 0 saturated carbocycles. The number of carbonyl (C=O) groups is 1. The SMILES string of the molecule is CCCCC(CCCC)(CCP=O)C(=O)OC. The molecule has 0 aliphatic carbocycles. The van der Waals surface area contributed by atoms with Crippen LogP contribution in [0.25, 0.3) is 0 Å². The molecule has 0 aliphatic rings. The second-order valence-electron chi connectivity index (χ2n) is 4.58. The Morgan fingerprint density at radius 2 is 1.65 bits per heavy atom. The van der Waals surface area contributed by atoms with E-state index < -0.39 is 5.41 Å². The average molecular weight is 260 g/mol. The fourth-order valence-corrected chi connectivity index (χ4v) is 2.71. The first-order chi connectivity index (χ1) is 8.16. The maximum atomic E-state index is 12.0. The first-order valence-electron chi connectivity index (χ1n) is 6.54. The highest BCUT2D eigenvalue weighted by Gasteiger charge is 2.37. The number of hydrogen-bond donors (Lipinski definition) is 0. The lowest BCUT2D eigenvalue weighted by molar-refractivity contribution is -0.154. The summed E-state index contributed by atoms with van der Waals surface area (Å²) in [5, 5.41) is 0. The summed E-state index contributed by atoms with van der Waals surface area (Å²) < 4.78 is 15.6. The van der Waals surface area contributed by atoms with Gasteiger partial charge in [-0.2, -0.15) is 0 Å². The molecule has 0 heterocycles. The molecule has 4 heteroatoms. The van der Waals surface area contributed by atoms with E-state index in [1.54, 1.807) is 0 Å². The van der Waals surface area contributed by atoms with Crippen molar-refractivity contribution in [3.63, 3.8) is 0 Å². The first-order valence-corrected chi connectivity index (χ1v) is 7.54. The molecule has 0 aromatic heterocycles. The molecule has 0 saturated heterocycles. The summed E-state index contributed by atoms with van der Waals surface area (Å²) in [5.41, 5.74) is -0.405. The Labute approximate surface area is 107 Å². The number of ether oxygens (including phenoxy) is 1. The lowest BCUT2D eigenvalue weighted by Crippen LogP contribution is -2.33. The van der Waals surface area contributed by atoms with E-state index in [1.165, 1.54) is 7.11 Å². The third-order valence-corrected chi connectivity index (χ3v) is 3.72. The summed E-state index contributed by atoms with van der Waals surface area (Å²) in [5.74, 6) is -0.122. The highest BCUT2D eigenvalue weighted by Crippen LogP contribution is 2.37. The van der Waals surface area contributed by atoms with Gasteiger partial charge < -0.3 is 4.74 Å². The molecule has 0 spiro atoms. The maximum absolute atomic E-state index is 12.0. The van der Waals surface area contributed by atoms with E-state index in [-0.39, 0.29) is 14.4 Å². The molecular weight excluding hydrogens is 235 g/mol. The van der Waals surface area contributed by atoms with Crippen LogP contribution < -0.4 is 0 Å². The topological polar surface area (TPSA) is 43.4 Å². The van der Waals surface area contributed by atoms with Crippen LogP contribution in [0.15, 0.2) is 0 Å². The van der Waals surface area contributed by atoms with Crippen molar-refractivity contribution in [3.8, 4) is 0 Å². The zero-order valence-corrected chi connectivity index (χ0v) is 12.2. The van der Waals surface area contributed by atoms with Gasteiger partial charge in [-0.1, -0.05) is 39.5 Å². The molecule has 100 valence electrons. The molecular formula is C13H25O3P. The van der Waals surface area contributed by atoms with E-state index in [0.29, 0.717) is 12.6 Å². The van der Waals surface area contributed by atoms with Crippen molar-refractivity contribution in [1.82, 2.24) is 0 Å². The molecule has 0 unspecified atom stereocenters. The second kappa shape index (κ2) is 9.58. The number of esters is 1. The van der Waals surface area contributed by atoms with Crippen molar-refractivity contribution in [2.24, 2.45) is 5.41 Å². The number of hydrogen-bond acceptors (Lipinski definition) is 3. The highest BCUT2D eigenvalue weighted by atomic mass is 31.1. The number of methoxy groups -OCH3 is 1. The summed E-state index contributed by atoms with van der Waals surface area (Å²) in [6.07, 6.45) is 7.10. The summed E-state index contributed by atoms with van der Waals surface area (Å²) in [6.45, 7) is 4.24. The number of rotatable bonds is 10. The number of unbranched alkanes of at least 4 members (excludes halogenated alkanes) is 2. The molecule has 0 aliphatic heterocycles. The molecule has 17 heavy (non-hydrogen) atoms. The van der Waals surface area contributed by atoms with Crippen LogP contribution in [0.3, 0.4) is 0 Å². The summed E-state index contributed by atoms with van der Waals surface area (Å²) in [4.78, 5) is 12.0. The van der Waals surface area contributed by atoms with Gasteiger partial charge in [-0.3, -0.25) is 9.36 Å². The molecule has 0 atom stereocenters. The fourth-order valence-electron chi connectivity index (χ4n) is 2.19. The van der Waals surface area contributed by atoms with Crippen LogP contribution in [-0.2, 0) is 14.1 Å². The Hall–Kier alpha value is -0.430. The van der Waals surface area contributed by atoms with E-state index in [9.17, 15) is 9.36 Å². The highest BCUT2D eigenvalue weighted by molar-refractivity contribution is 7.23. The van der Waals surface area contributed by atoms with E-state index in [4.69, 9.17) is 4.74 Å². The van der Waals surface area contributed by atoms with E-state index in [2.05, 4.69) is 13.8 Å². The monoisotopic (exact) mass is 260 g/mol. The van der Waals surface area contributed by atoms with Crippen LogP contribution in [0.5, 0.6) is 0 Å². The molecule has 3 nitrogen and oxygen atoms in total. The van der Waals surface area contributed by atoms with Gasteiger partial charge in [-0.15, -0.1) is 0 Å². The van der Waals surface area contributed by atoms with Gasteiger partial charge in [0.05, 0.1) is 12.5 Å². The third-order valence-electron chi connectivity index (χ3n) is 3.32. The van der Waals surface area contributed by atoms with E-state index in [0.717, 1.165) is 38.5 Å². The van der Waals surface area contributed by atoms with Crippen LogP contribution in [0.4, 0.5) is 0 Å². The Morgan fingerprint density at radius 3 is 2.00 bits per heavy atom. The fraction of sp³-hybridized carbons (Fsp3) is 0.923. The largest absolute Gasteiger partial charge is 0.469 e. The minimum absolute atomic E-state index is 0.122. The predicted molar refractivity (Wildman–Crippen MR) is 70.6 cm³/mol. The molecule has 0 aromatic rings. The zero-order chi connectivity index (χ0) is 13.1. The van der Waals surface area contributed by atoms with Crippen LogP contribution in [0.2, 0.25) is 0 Å². The lowest BCUT2D eigenvalue weighted by Gasteiger charge is -2.30. The minimum Gasteiger partial charge on any atom is -0.469 e. The Bertz CT molecular complexity index is 221. The molecule has 0 fully saturated rings. The van der Waals surface area contributed by atoms with Crippen molar-refractivity contribution in [2.75, 3.05) is 13.3 Å². The van der Waals surface area contributed by atoms with Crippen molar-refractivity contribution >= 4 is 14.4 Å². The van der Waals surface area contributed by atoms with Crippen LogP contribution in [0, 0.1) is 5.41 Å². The van der Waals surface area contributed by atoms with Gasteiger partial charge in [-0.05, 0) is 19.3 Å². The predicted octanol–water partition coefficient (Wildman–Crippen LogP) is 4.21. The number of carbonyl (C=O) groups excluding carboxylic acids is 1. The molecule has 0 aromatic carbocycles. The second-order valence-corrected chi connectivity index (χ2v) is 5.29. The Morgan fingerprint density at radius 1 is 1.12 bits per heavy atom. The molecule has 0 N–H and O–H groups in total. The smallest absolute Gasteiger partial charge is 0.311 e. The third kappa shape index (κ3) is 5.63. The van der Waals surface area contributed by atoms with Gasteiger partial charge in [0.25, 0.3) is 0 Å². The van der Waals surface area contributed by atoms with Crippen molar-refractivity contribution < 1.29 is 14.1 Å². The van der Waals surface area contributed by atoms with Crippen LogP contribution in [-0.4, -0.2) is 19.2 Å². The molecule has 0 amide bonds. The van der Waals surface area contributed by atoms with Gasteiger partial charge in [0.15, 0.2) is 8.46 Å². The Balaban J connectivity index is 4.75. The van der Waals surface area contributed by atoms with Crippen LogP contribution in [0.1, 0.15) is 58.8 Å². The van der Waals surface area contributed by atoms with Crippen molar-refractivity contribution in [2.45, 2.75) is 58.8 Å². The standard InChI is InChI=1S/C13H25O3P/c1-4-6-8-13(9-7-5-2,10-11-17-15)12(14)16-3/h4-11H2,1-3H3. The van der Waals surface area contributed by atoms with E-state index in [1.807, 2.05) is 0 Å². The first kappa shape index (κ1) is 16.6. The molecule has 0 bridgehead atoms. The van der Waals surface area contributed by atoms with E-state index >= 15 is 0 Å². The van der Waals surface area contributed by atoms with Crippen molar-refractivity contribution in [1.29, 1.82) is 0 Å². The quantitative estimate of drug-likeness (QED) is 0.436. The zero-order valence-electron chi connectivity index (χ0n) is 11.3. The summed E-state index contributed by atoms with van der Waals surface area (Å²) >= 11 is 0. The lowest BCUT2D eigenvalue weighted by atomic mass is 9.76. The Kier molecular flexibility index (Phi) is 9.34. The van der Waals surface area contributed by atoms with Gasteiger partial charge in [-0.25, -0.2) is 0 Å². The maximum Gasteiger partial charge on any atom is 0.311 e. The summed E-state index contributed by atoms with van der Waals surface area (Å²) in [7, 11) is 1.57. The average Bonchev–Trinajstić information content (AvgIpc) is 2.37. The van der Waals surface area contributed by atoms with Gasteiger partial charge in [0, 0.05) is 6.16 Å². The summed E-state index contributed by atoms with van der Waals surface area (Å²) in [6, 6.07) is 0. The minimum atomic E-state index is -0.405. The van der Waals surface area contributed by atoms with Crippen LogP contribution >= 0.6 is 8.46 Å². The van der Waals surface area contributed by atoms with Gasteiger partial charge >= 0.3 is 5.97 Å². The molecule has 0 rings (SSSR count). The normalized spacial score (nSPS) is 11.7. The van der Waals surface area contributed by atoms with Gasteiger partial charge in [0.2, 0.25) is 0 Å². The molecule has 0 radical (unpaired) electrons.